The van der Waals surface area contributed by atoms with E-state index in [9.17, 15) is 9.59 Å². The molecule has 0 bridgehead atoms. The summed E-state index contributed by atoms with van der Waals surface area (Å²) >= 11 is 2.76. The monoisotopic (exact) mass is 355 g/mol. The first-order chi connectivity index (χ1) is 11.0. The van der Waals surface area contributed by atoms with Gasteiger partial charge in [-0.1, -0.05) is 23.9 Å². The van der Waals surface area contributed by atoms with E-state index in [1.165, 1.54) is 6.92 Å². The number of para-hydroxylation sites is 2. The molecule has 0 saturated carbocycles. The molecule has 0 N–H and O–H groups in total. The number of hydrogen-bond donors (Lipinski definition) is 0. The zero-order chi connectivity index (χ0) is 16.8. The van der Waals surface area contributed by atoms with E-state index in [0.717, 1.165) is 17.5 Å². The van der Waals surface area contributed by atoms with Crippen molar-refractivity contribution in [3.63, 3.8) is 0 Å². The molecule has 7 heteroatoms. The molecule has 2 rings (SSSR count). The second-order valence-electron chi connectivity index (χ2n) is 5.07. The topological polar surface area (TPSA) is 55.8 Å². The molecule has 1 aromatic rings. The Labute approximate surface area is 145 Å². The van der Waals surface area contributed by atoms with Gasteiger partial charge in [0.25, 0.3) is 0 Å². The molecule has 0 aliphatic carbocycles. The van der Waals surface area contributed by atoms with Crippen LogP contribution in [0.15, 0.2) is 24.3 Å². The van der Waals surface area contributed by atoms with E-state index in [0.29, 0.717) is 24.7 Å². The van der Waals surface area contributed by atoms with Gasteiger partial charge in [0.1, 0.15) is 12.0 Å². The maximum absolute atomic E-state index is 12.5. The minimum absolute atomic E-state index is 0.0103. The third-order valence-electron chi connectivity index (χ3n) is 3.41. The van der Waals surface area contributed by atoms with Gasteiger partial charge in [-0.05, 0) is 19.1 Å². The van der Waals surface area contributed by atoms with Crippen LogP contribution in [0.2, 0.25) is 0 Å². The van der Waals surface area contributed by atoms with Crippen molar-refractivity contribution >= 4 is 34.5 Å². The zero-order valence-electron chi connectivity index (χ0n) is 13.5. The van der Waals surface area contributed by atoms with Gasteiger partial charge in [0.05, 0.1) is 12.4 Å². The van der Waals surface area contributed by atoms with E-state index < -0.39 is 0 Å². The van der Waals surface area contributed by atoms with Crippen LogP contribution in [0.5, 0.6) is 11.5 Å². The Hall–Kier alpha value is -1.34. The highest BCUT2D eigenvalue weighted by Gasteiger charge is 2.33. The van der Waals surface area contributed by atoms with Crippen LogP contribution in [-0.2, 0) is 9.59 Å². The summed E-state index contributed by atoms with van der Waals surface area (Å²) in [7, 11) is 1.60. The largest absolute Gasteiger partial charge is 0.493 e. The maximum atomic E-state index is 12.5. The number of nitrogens with zero attached hydrogens (tertiary/aromatic N) is 1. The molecule has 2 unspecified atom stereocenters. The van der Waals surface area contributed by atoms with Crippen LogP contribution in [0.3, 0.4) is 0 Å². The van der Waals surface area contributed by atoms with Crippen LogP contribution in [-0.4, -0.2) is 52.6 Å². The molecule has 23 heavy (non-hydrogen) atoms. The number of carbonyl (C=O) groups excluding carboxylic acids is 2. The van der Waals surface area contributed by atoms with Gasteiger partial charge in [-0.15, -0.1) is 11.8 Å². The Morgan fingerprint density at radius 1 is 1.39 bits per heavy atom. The third-order valence-corrected chi connectivity index (χ3v) is 5.49. The van der Waals surface area contributed by atoms with E-state index in [2.05, 4.69) is 0 Å². The summed E-state index contributed by atoms with van der Waals surface area (Å²) in [6.45, 7) is 4.34. The number of carbonyl (C=O) groups is 2. The van der Waals surface area contributed by atoms with Crippen LogP contribution in [0, 0.1) is 0 Å². The first kappa shape index (κ1) is 18.0. The summed E-state index contributed by atoms with van der Waals surface area (Å²) in [5, 5.41) is -0.443. The molecule has 1 amide bonds. The summed E-state index contributed by atoms with van der Waals surface area (Å²) in [5.74, 6) is 2.21. The first-order valence-corrected chi connectivity index (χ1v) is 9.31. The van der Waals surface area contributed by atoms with E-state index in [-0.39, 0.29) is 21.6 Å². The number of rotatable bonds is 6. The van der Waals surface area contributed by atoms with Crippen molar-refractivity contribution in [3.05, 3.63) is 24.3 Å². The van der Waals surface area contributed by atoms with Gasteiger partial charge in [0, 0.05) is 19.2 Å². The maximum Gasteiger partial charge on any atom is 0.236 e. The normalized spacial score (nSPS) is 18.6. The van der Waals surface area contributed by atoms with Gasteiger partial charge >= 0.3 is 0 Å². The molecular formula is C16H21NO4S2. The number of thioether (sulfide) groups is 2. The van der Waals surface area contributed by atoms with Crippen molar-refractivity contribution in [2.45, 2.75) is 24.5 Å². The molecule has 0 spiro atoms. The Morgan fingerprint density at radius 3 is 2.74 bits per heavy atom. The highest BCUT2D eigenvalue weighted by Crippen LogP contribution is 2.30. The Balaban J connectivity index is 1.96. The Morgan fingerprint density at radius 2 is 2.09 bits per heavy atom. The minimum atomic E-state index is -0.361. The average Bonchev–Trinajstić information content (AvgIpc) is 3.00. The van der Waals surface area contributed by atoms with Gasteiger partial charge in [-0.3, -0.25) is 9.59 Å². The van der Waals surface area contributed by atoms with Crippen LogP contribution in [0.25, 0.3) is 0 Å². The molecular weight excluding hydrogens is 334 g/mol. The highest BCUT2D eigenvalue weighted by atomic mass is 32.2. The fraction of sp³-hybridized carbons (Fsp3) is 0.500. The second kappa shape index (κ2) is 8.49. The molecule has 0 radical (unpaired) electrons. The number of ether oxygens (including phenoxy) is 2. The number of benzene rings is 1. The van der Waals surface area contributed by atoms with Crippen LogP contribution in [0.4, 0.5) is 0 Å². The van der Waals surface area contributed by atoms with Crippen molar-refractivity contribution in [1.29, 1.82) is 0 Å². The summed E-state index contributed by atoms with van der Waals surface area (Å²) in [5.41, 5.74) is 0. The summed E-state index contributed by atoms with van der Waals surface area (Å²) in [4.78, 5) is 25.5. The number of hydrogen-bond acceptors (Lipinski definition) is 6. The number of amides is 1. The van der Waals surface area contributed by atoms with Gasteiger partial charge in [0.2, 0.25) is 5.91 Å². The Kier molecular flexibility index (Phi) is 6.65. The first-order valence-electron chi connectivity index (χ1n) is 7.38. The SMILES string of the molecule is COc1ccccc1OCC1SCCN1C(=O)C(C)SC(C)=O. The van der Waals surface area contributed by atoms with Crippen molar-refractivity contribution in [1.82, 2.24) is 4.90 Å². The predicted molar refractivity (Wildman–Crippen MR) is 94.2 cm³/mol. The van der Waals surface area contributed by atoms with Crippen molar-refractivity contribution in [2.75, 3.05) is 26.0 Å². The standard InChI is InChI=1S/C16H21NO4S2/c1-11(23-12(2)18)16(19)17-8-9-22-15(17)10-21-14-7-5-4-6-13(14)20-3/h4-7,11,15H,8-10H2,1-3H3. The summed E-state index contributed by atoms with van der Waals surface area (Å²) < 4.78 is 11.1. The summed E-state index contributed by atoms with van der Waals surface area (Å²) in [6, 6.07) is 7.45. The highest BCUT2D eigenvalue weighted by molar-refractivity contribution is 8.14. The molecule has 1 heterocycles. The van der Waals surface area contributed by atoms with E-state index in [4.69, 9.17) is 9.47 Å². The molecule has 1 fully saturated rings. The average molecular weight is 355 g/mol. The molecule has 126 valence electrons. The lowest BCUT2D eigenvalue weighted by molar-refractivity contribution is -0.130. The fourth-order valence-corrected chi connectivity index (χ4v) is 4.21. The van der Waals surface area contributed by atoms with Gasteiger partial charge < -0.3 is 14.4 Å². The fourth-order valence-electron chi connectivity index (χ4n) is 2.34. The van der Waals surface area contributed by atoms with Crippen molar-refractivity contribution in [2.24, 2.45) is 0 Å². The number of methoxy groups -OCH3 is 1. The second-order valence-corrected chi connectivity index (χ2v) is 7.87. The molecule has 0 aromatic heterocycles. The Bertz CT molecular complexity index is 567. The molecule has 1 aliphatic heterocycles. The molecule has 5 nitrogen and oxygen atoms in total. The van der Waals surface area contributed by atoms with E-state index in [1.54, 1.807) is 30.7 Å². The zero-order valence-corrected chi connectivity index (χ0v) is 15.1. The van der Waals surface area contributed by atoms with Gasteiger partial charge in [0.15, 0.2) is 16.6 Å². The minimum Gasteiger partial charge on any atom is -0.493 e. The van der Waals surface area contributed by atoms with Gasteiger partial charge in [-0.2, -0.15) is 0 Å². The molecule has 2 atom stereocenters. The van der Waals surface area contributed by atoms with Crippen LogP contribution >= 0.6 is 23.5 Å². The lowest BCUT2D eigenvalue weighted by atomic mass is 10.3. The van der Waals surface area contributed by atoms with Crippen LogP contribution in [0.1, 0.15) is 13.8 Å². The lowest BCUT2D eigenvalue weighted by Crippen LogP contribution is -2.42. The molecule has 1 aliphatic rings. The van der Waals surface area contributed by atoms with E-state index in [1.807, 2.05) is 24.3 Å². The van der Waals surface area contributed by atoms with Gasteiger partial charge in [-0.25, -0.2) is 0 Å². The summed E-state index contributed by atoms with van der Waals surface area (Å²) in [6.07, 6.45) is 0. The van der Waals surface area contributed by atoms with Crippen molar-refractivity contribution < 1.29 is 19.1 Å². The van der Waals surface area contributed by atoms with Crippen LogP contribution < -0.4 is 9.47 Å². The molecule has 1 saturated heterocycles. The smallest absolute Gasteiger partial charge is 0.236 e. The molecule has 1 aromatic carbocycles. The third kappa shape index (κ3) is 4.81. The van der Waals surface area contributed by atoms with E-state index >= 15 is 0 Å². The predicted octanol–water partition coefficient (Wildman–Crippen LogP) is 2.64. The van der Waals surface area contributed by atoms with Crippen molar-refractivity contribution in [3.8, 4) is 11.5 Å². The lowest BCUT2D eigenvalue weighted by Gasteiger charge is -2.26. The quantitative estimate of drug-likeness (QED) is 0.782.